The van der Waals surface area contributed by atoms with Gasteiger partial charge in [0.05, 0.1) is 6.54 Å². The molecule has 0 unspecified atom stereocenters. The molecule has 5 heteroatoms. The zero-order valence-electron chi connectivity index (χ0n) is 11.8. The number of guanidine groups is 1. The Morgan fingerprint density at radius 1 is 1.24 bits per heavy atom. The summed E-state index contributed by atoms with van der Waals surface area (Å²) in [7, 11) is 0. The first-order valence-corrected chi connectivity index (χ1v) is 7.96. The Kier molecular flexibility index (Phi) is 6.05. The third-order valence-corrected chi connectivity index (χ3v) is 4.40. The number of rotatable bonds is 3. The zero-order valence-corrected chi connectivity index (χ0v) is 15.0. The number of hydrogen-bond donors (Lipinski definition) is 2. The highest BCUT2D eigenvalue weighted by Gasteiger charge is 2.12. The maximum atomic E-state index is 6.00. The lowest BCUT2D eigenvalue weighted by molar-refractivity contribution is 0.687. The van der Waals surface area contributed by atoms with Gasteiger partial charge in [-0.3, -0.25) is 0 Å². The van der Waals surface area contributed by atoms with Crippen molar-refractivity contribution in [1.29, 1.82) is 0 Å². The van der Waals surface area contributed by atoms with Crippen molar-refractivity contribution < 1.29 is 0 Å². The van der Waals surface area contributed by atoms with Crippen molar-refractivity contribution in [2.24, 2.45) is 10.7 Å². The summed E-state index contributed by atoms with van der Waals surface area (Å²) in [4.78, 5) is 4.40. The number of anilines is 1. The van der Waals surface area contributed by atoms with E-state index >= 15 is 0 Å². The fourth-order valence-electron chi connectivity index (χ4n) is 2.64. The van der Waals surface area contributed by atoms with Crippen LogP contribution in [0.15, 0.2) is 40.0 Å². The van der Waals surface area contributed by atoms with Crippen molar-refractivity contribution in [1.82, 2.24) is 0 Å². The quantitative estimate of drug-likeness (QED) is 0.451. The van der Waals surface area contributed by atoms with Crippen LogP contribution in [0.4, 0.5) is 5.69 Å². The number of halogens is 1. The molecule has 3 rings (SSSR count). The molecule has 0 saturated heterocycles. The van der Waals surface area contributed by atoms with Gasteiger partial charge in [-0.1, -0.05) is 12.1 Å². The fourth-order valence-corrected chi connectivity index (χ4v) is 3.29. The van der Waals surface area contributed by atoms with Gasteiger partial charge in [-0.2, -0.15) is 11.3 Å². The number of benzene rings is 1. The van der Waals surface area contributed by atoms with Crippen molar-refractivity contribution in [2.75, 3.05) is 5.32 Å². The molecule has 0 bridgehead atoms. The standard InChI is InChI=1S/C16H19N3S.HI/c17-16(18-10-12-8-9-20-11-12)19-15-7-3-5-13-4-1-2-6-14(13)15;/h3,5,7-9,11H,1-2,4,6,10H2,(H3,17,18,19);1H. The van der Waals surface area contributed by atoms with Gasteiger partial charge in [0.2, 0.25) is 0 Å². The largest absolute Gasteiger partial charge is 0.370 e. The van der Waals surface area contributed by atoms with Crippen LogP contribution in [-0.4, -0.2) is 5.96 Å². The minimum absolute atomic E-state index is 0. The number of thiophene rings is 1. The molecule has 2 aromatic rings. The summed E-state index contributed by atoms with van der Waals surface area (Å²) in [6.45, 7) is 0.636. The molecule has 0 atom stereocenters. The van der Waals surface area contributed by atoms with Gasteiger partial charge in [0.25, 0.3) is 0 Å². The lowest BCUT2D eigenvalue weighted by Gasteiger charge is -2.19. The second-order valence-electron chi connectivity index (χ2n) is 5.11. The van der Waals surface area contributed by atoms with E-state index in [1.54, 1.807) is 11.3 Å². The molecule has 112 valence electrons. The van der Waals surface area contributed by atoms with Crippen LogP contribution in [-0.2, 0) is 19.4 Å². The minimum atomic E-state index is 0. The average Bonchev–Trinajstić information content (AvgIpc) is 2.99. The van der Waals surface area contributed by atoms with E-state index in [9.17, 15) is 0 Å². The van der Waals surface area contributed by atoms with E-state index in [0.717, 1.165) is 12.1 Å². The molecular formula is C16H20IN3S. The smallest absolute Gasteiger partial charge is 0.193 e. The van der Waals surface area contributed by atoms with Crippen LogP contribution >= 0.6 is 35.3 Å². The first-order chi connectivity index (χ1) is 9.83. The number of aryl methyl sites for hydroxylation is 1. The molecule has 1 aromatic heterocycles. The second-order valence-corrected chi connectivity index (χ2v) is 5.89. The number of nitrogens with two attached hydrogens (primary N) is 1. The molecule has 0 spiro atoms. The molecule has 1 aromatic carbocycles. The van der Waals surface area contributed by atoms with Gasteiger partial charge in [-0.15, -0.1) is 24.0 Å². The lowest BCUT2D eigenvalue weighted by atomic mass is 9.90. The van der Waals surface area contributed by atoms with Gasteiger partial charge in [-0.25, -0.2) is 4.99 Å². The second kappa shape index (κ2) is 7.79. The predicted molar refractivity (Wildman–Crippen MR) is 102 cm³/mol. The summed E-state index contributed by atoms with van der Waals surface area (Å²) in [6, 6.07) is 8.49. The maximum Gasteiger partial charge on any atom is 0.193 e. The Morgan fingerprint density at radius 2 is 2.10 bits per heavy atom. The van der Waals surface area contributed by atoms with Crippen LogP contribution in [0.2, 0.25) is 0 Å². The SMILES string of the molecule is I.NC(=NCc1ccsc1)Nc1cccc2c1CCCC2. The van der Waals surface area contributed by atoms with Crippen LogP contribution < -0.4 is 11.1 Å². The van der Waals surface area contributed by atoms with Gasteiger partial charge in [0.15, 0.2) is 5.96 Å². The topological polar surface area (TPSA) is 50.4 Å². The number of fused-ring (bicyclic) bond motifs is 1. The van der Waals surface area contributed by atoms with Crippen LogP contribution in [0.5, 0.6) is 0 Å². The lowest BCUT2D eigenvalue weighted by Crippen LogP contribution is -2.24. The van der Waals surface area contributed by atoms with Gasteiger partial charge in [-0.05, 0) is 65.3 Å². The summed E-state index contributed by atoms with van der Waals surface area (Å²) in [5.41, 5.74) is 11.2. The predicted octanol–water partition coefficient (Wildman–Crippen LogP) is 4.17. The van der Waals surface area contributed by atoms with Crippen LogP contribution in [0.3, 0.4) is 0 Å². The highest BCUT2D eigenvalue weighted by Crippen LogP contribution is 2.27. The maximum absolute atomic E-state index is 6.00. The van der Waals surface area contributed by atoms with E-state index in [0.29, 0.717) is 12.5 Å². The monoisotopic (exact) mass is 413 g/mol. The highest BCUT2D eigenvalue weighted by molar-refractivity contribution is 14.0. The van der Waals surface area contributed by atoms with Crippen molar-refractivity contribution in [3.63, 3.8) is 0 Å². The molecule has 0 saturated carbocycles. The third kappa shape index (κ3) is 4.20. The number of nitrogens with zero attached hydrogens (tertiary/aromatic N) is 1. The van der Waals surface area contributed by atoms with Crippen molar-refractivity contribution >= 4 is 47.0 Å². The summed E-state index contributed by atoms with van der Waals surface area (Å²) in [6.07, 6.45) is 4.86. The molecule has 0 radical (unpaired) electrons. The Hall–Kier alpha value is -1.08. The van der Waals surface area contributed by atoms with E-state index in [4.69, 9.17) is 5.73 Å². The number of hydrogen-bond acceptors (Lipinski definition) is 2. The Bertz CT molecular complexity index is 608. The summed E-state index contributed by atoms with van der Waals surface area (Å²) in [5, 5.41) is 7.42. The van der Waals surface area contributed by atoms with Gasteiger partial charge in [0, 0.05) is 5.69 Å². The third-order valence-electron chi connectivity index (χ3n) is 3.67. The Balaban J connectivity index is 0.00000161. The first kappa shape index (κ1) is 16.3. The van der Waals surface area contributed by atoms with E-state index in [-0.39, 0.29) is 24.0 Å². The molecule has 3 nitrogen and oxygen atoms in total. The number of nitrogens with one attached hydrogen (secondary N) is 1. The van der Waals surface area contributed by atoms with Crippen LogP contribution in [0, 0.1) is 0 Å². The van der Waals surface area contributed by atoms with E-state index in [2.05, 4.69) is 45.3 Å². The molecule has 3 N–H and O–H groups in total. The average molecular weight is 413 g/mol. The Morgan fingerprint density at radius 3 is 2.90 bits per heavy atom. The van der Waals surface area contributed by atoms with Crippen LogP contribution in [0.1, 0.15) is 29.5 Å². The van der Waals surface area contributed by atoms with Crippen molar-refractivity contribution in [3.05, 3.63) is 51.7 Å². The van der Waals surface area contributed by atoms with E-state index in [1.165, 1.54) is 36.0 Å². The first-order valence-electron chi connectivity index (χ1n) is 7.02. The fraction of sp³-hybridized carbons (Fsp3) is 0.312. The molecular weight excluding hydrogens is 393 g/mol. The molecule has 0 amide bonds. The normalized spacial score (nSPS) is 14.2. The minimum Gasteiger partial charge on any atom is -0.370 e. The molecule has 1 aliphatic carbocycles. The summed E-state index contributed by atoms with van der Waals surface area (Å²) < 4.78 is 0. The molecule has 1 aliphatic rings. The van der Waals surface area contributed by atoms with Crippen molar-refractivity contribution in [3.8, 4) is 0 Å². The Labute approximate surface area is 146 Å². The van der Waals surface area contributed by atoms with Crippen molar-refractivity contribution in [2.45, 2.75) is 32.2 Å². The van der Waals surface area contributed by atoms with Gasteiger partial charge >= 0.3 is 0 Å². The van der Waals surface area contributed by atoms with E-state index in [1.807, 2.05) is 0 Å². The molecule has 0 fully saturated rings. The zero-order chi connectivity index (χ0) is 13.8. The van der Waals surface area contributed by atoms with Gasteiger partial charge in [0.1, 0.15) is 0 Å². The number of aliphatic imine (C=N–C) groups is 1. The van der Waals surface area contributed by atoms with Crippen LogP contribution in [0.25, 0.3) is 0 Å². The molecule has 21 heavy (non-hydrogen) atoms. The summed E-state index contributed by atoms with van der Waals surface area (Å²) in [5.74, 6) is 0.496. The highest BCUT2D eigenvalue weighted by atomic mass is 127. The summed E-state index contributed by atoms with van der Waals surface area (Å²) >= 11 is 1.68. The molecule has 1 heterocycles. The van der Waals surface area contributed by atoms with E-state index < -0.39 is 0 Å². The van der Waals surface area contributed by atoms with Gasteiger partial charge < -0.3 is 11.1 Å². The molecule has 0 aliphatic heterocycles.